The van der Waals surface area contributed by atoms with Crippen molar-refractivity contribution >= 4 is 11.8 Å². The van der Waals surface area contributed by atoms with Crippen molar-refractivity contribution in [1.29, 1.82) is 0 Å². The minimum atomic E-state index is -0.0738. The van der Waals surface area contributed by atoms with E-state index in [0.29, 0.717) is 63.9 Å². The number of rotatable bonds is 6. The average Bonchev–Trinajstić information content (AvgIpc) is 3.38. The highest BCUT2D eigenvalue weighted by Crippen LogP contribution is 2.43. The third-order valence-electron chi connectivity index (χ3n) is 8.06. The van der Waals surface area contributed by atoms with Crippen LogP contribution in [0.3, 0.4) is 0 Å². The van der Waals surface area contributed by atoms with Gasteiger partial charge >= 0.3 is 0 Å². The van der Waals surface area contributed by atoms with Crippen molar-refractivity contribution in [2.45, 2.75) is 62.8 Å². The Morgan fingerprint density at radius 1 is 1.00 bits per heavy atom. The molecule has 4 heterocycles. The first-order valence-corrected chi connectivity index (χ1v) is 12.3. The number of nitrogens with one attached hydrogen (secondary N) is 1. The van der Waals surface area contributed by atoms with Crippen molar-refractivity contribution in [3.8, 4) is 0 Å². The molecule has 4 saturated heterocycles. The fraction of sp³-hybridized carbons (Fsp3) is 0.913. The molecule has 1 saturated carbocycles. The predicted molar refractivity (Wildman–Crippen MR) is 116 cm³/mol. The van der Waals surface area contributed by atoms with E-state index in [1.807, 2.05) is 4.90 Å². The van der Waals surface area contributed by atoms with Gasteiger partial charge in [-0.05, 0) is 51.7 Å². The number of nitrogens with zero attached hydrogens (tertiary/aromatic N) is 3. The second-order valence-electron chi connectivity index (χ2n) is 10.3. The number of amides is 2. The van der Waals surface area contributed by atoms with Gasteiger partial charge in [0.15, 0.2) is 0 Å². The minimum absolute atomic E-state index is 0.0738. The summed E-state index contributed by atoms with van der Waals surface area (Å²) < 4.78 is 11.7. The van der Waals surface area contributed by atoms with E-state index in [4.69, 9.17) is 9.47 Å². The average molecular weight is 435 g/mol. The molecule has 0 aromatic rings. The van der Waals surface area contributed by atoms with Crippen LogP contribution in [0.5, 0.6) is 0 Å². The summed E-state index contributed by atoms with van der Waals surface area (Å²) in [6.07, 6.45) is 5.51. The molecule has 4 atom stereocenters. The Morgan fingerprint density at radius 2 is 1.74 bits per heavy atom. The molecule has 0 aromatic heterocycles. The van der Waals surface area contributed by atoms with Gasteiger partial charge in [0, 0.05) is 50.1 Å². The van der Waals surface area contributed by atoms with Gasteiger partial charge in [-0.2, -0.15) is 0 Å². The topological polar surface area (TPSA) is 74.4 Å². The van der Waals surface area contributed by atoms with E-state index in [0.717, 1.165) is 32.5 Å². The van der Waals surface area contributed by atoms with Crippen LogP contribution in [0.2, 0.25) is 0 Å². The molecule has 0 bridgehead atoms. The molecule has 4 aliphatic heterocycles. The van der Waals surface area contributed by atoms with E-state index < -0.39 is 0 Å². The Bertz CT molecular complexity index is 658. The lowest BCUT2D eigenvalue weighted by atomic mass is 9.84. The minimum Gasteiger partial charge on any atom is -0.378 e. The number of piperidine rings is 1. The maximum atomic E-state index is 12.9. The van der Waals surface area contributed by atoms with Crippen molar-refractivity contribution < 1.29 is 19.1 Å². The molecule has 1 aliphatic carbocycles. The Labute approximate surface area is 185 Å². The zero-order chi connectivity index (χ0) is 21.4. The molecule has 174 valence electrons. The summed E-state index contributed by atoms with van der Waals surface area (Å²) in [5.41, 5.74) is 0. The Balaban J connectivity index is 1.27. The third kappa shape index (κ3) is 4.92. The Hall–Kier alpha value is -1.22. The SMILES string of the molecule is CN1CCC(N2C[C@@H](CC(=O)NC3CC3)[C@H]3[C@H](CC(=O)N4CCOCC4)OC[C@H]32)CC1. The van der Waals surface area contributed by atoms with Crippen molar-refractivity contribution in [2.24, 2.45) is 11.8 Å². The van der Waals surface area contributed by atoms with Crippen molar-refractivity contribution in [3.05, 3.63) is 0 Å². The van der Waals surface area contributed by atoms with E-state index in [9.17, 15) is 9.59 Å². The first-order valence-electron chi connectivity index (χ1n) is 12.3. The highest BCUT2D eigenvalue weighted by atomic mass is 16.5. The summed E-state index contributed by atoms with van der Waals surface area (Å²) in [4.78, 5) is 32.6. The van der Waals surface area contributed by atoms with Crippen molar-refractivity contribution in [3.63, 3.8) is 0 Å². The fourth-order valence-corrected chi connectivity index (χ4v) is 6.16. The van der Waals surface area contributed by atoms with Crippen LogP contribution in [0.1, 0.15) is 38.5 Å². The molecule has 8 heteroatoms. The highest BCUT2D eigenvalue weighted by Gasteiger charge is 2.53. The van der Waals surface area contributed by atoms with Crippen molar-refractivity contribution in [1.82, 2.24) is 20.0 Å². The number of hydrogen-bond donors (Lipinski definition) is 1. The number of ether oxygens (including phenoxy) is 2. The quantitative estimate of drug-likeness (QED) is 0.649. The molecule has 0 unspecified atom stereocenters. The zero-order valence-electron chi connectivity index (χ0n) is 18.8. The van der Waals surface area contributed by atoms with Crippen molar-refractivity contribution in [2.75, 3.05) is 59.6 Å². The molecule has 5 aliphatic rings. The summed E-state index contributed by atoms with van der Waals surface area (Å²) in [6.45, 7) is 6.51. The monoisotopic (exact) mass is 434 g/mol. The number of fused-ring (bicyclic) bond motifs is 1. The largest absolute Gasteiger partial charge is 0.378 e. The molecule has 5 fully saturated rings. The number of carbonyl (C=O) groups excluding carboxylic acids is 2. The first-order chi connectivity index (χ1) is 15.1. The number of likely N-dealkylation sites (tertiary alicyclic amines) is 2. The lowest BCUT2D eigenvalue weighted by molar-refractivity contribution is -0.138. The highest BCUT2D eigenvalue weighted by molar-refractivity contribution is 5.78. The van der Waals surface area contributed by atoms with Gasteiger partial charge in [-0.15, -0.1) is 0 Å². The smallest absolute Gasteiger partial charge is 0.225 e. The summed E-state index contributed by atoms with van der Waals surface area (Å²) >= 11 is 0. The molecule has 0 spiro atoms. The lowest BCUT2D eigenvalue weighted by Gasteiger charge is -2.37. The standard InChI is InChI=1S/C23H38N4O4/c1-25-6-4-18(5-7-25)27-14-16(12-21(28)24-17-2-3-17)23-19(27)15-31-20(23)13-22(29)26-8-10-30-11-9-26/h16-20,23H,2-15H2,1H3,(H,24,28)/t16-,19-,20+,23-/m1/s1. The van der Waals surface area contributed by atoms with E-state index in [1.165, 1.54) is 12.8 Å². The van der Waals surface area contributed by atoms with E-state index >= 15 is 0 Å². The van der Waals surface area contributed by atoms with E-state index in [1.54, 1.807) is 0 Å². The van der Waals surface area contributed by atoms with Gasteiger partial charge < -0.3 is 24.6 Å². The predicted octanol–water partition coefficient (Wildman–Crippen LogP) is 0.314. The second kappa shape index (κ2) is 9.33. The molecule has 1 N–H and O–H groups in total. The number of morpholine rings is 1. The second-order valence-corrected chi connectivity index (χ2v) is 10.3. The molecule has 0 aromatic carbocycles. The van der Waals surface area contributed by atoms with Gasteiger partial charge in [0.2, 0.25) is 11.8 Å². The molecule has 5 rings (SSSR count). The molecule has 2 amide bonds. The summed E-state index contributed by atoms with van der Waals surface area (Å²) in [6, 6.07) is 1.31. The van der Waals surface area contributed by atoms with Crippen LogP contribution in [-0.4, -0.2) is 110 Å². The summed E-state index contributed by atoms with van der Waals surface area (Å²) in [5, 5.41) is 3.17. The van der Waals surface area contributed by atoms with Gasteiger partial charge in [0.1, 0.15) is 0 Å². The van der Waals surface area contributed by atoms with Crippen LogP contribution < -0.4 is 5.32 Å². The summed E-state index contributed by atoms with van der Waals surface area (Å²) in [5.74, 6) is 0.900. The van der Waals surface area contributed by atoms with Crippen LogP contribution in [0, 0.1) is 11.8 Å². The molecule has 0 radical (unpaired) electrons. The maximum absolute atomic E-state index is 12.9. The van der Waals surface area contributed by atoms with Gasteiger partial charge in [0.05, 0.1) is 32.3 Å². The molecule has 8 nitrogen and oxygen atoms in total. The number of hydrogen-bond acceptors (Lipinski definition) is 6. The van der Waals surface area contributed by atoms with Gasteiger partial charge in [-0.3, -0.25) is 14.5 Å². The van der Waals surface area contributed by atoms with E-state index in [-0.39, 0.29) is 29.8 Å². The lowest BCUT2D eigenvalue weighted by Crippen LogP contribution is -2.47. The maximum Gasteiger partial charge on any atom is 0.225 e. The van der Waals surface area contributed by atoms with Gasteiger partial charge in [0.25, 0.3) is 0 Å². The Morgan fingerprint density at radius 3 is 2.45 bits per heavy atom. The fourth-order valence-electron chi connectivity index (χ4n) is 6.16. The van der Waals surface area contributed by atoms with Crippen LogP contribution in [0.25, 0.3) is 0 Å². The van der Waals surface area contributed by atoms with Crippen LogP contribution in [0.4, 0.5) is 0 Å². The number of carbonyl (C=O) groups is 2. The summed E-state index contributed by atoms with van der Waals surface area (Å²) in [7, 11) is 2.19. The first kappa shape index (κ1) is 21.6. The zero-order valence-corrected chi connectivity index (χ0v) is 18.8. The Kier molecular flexibility index (Phi) is 6.51. The van der Waals surface area contributed by atoms with Gasteiger partial charge in [-0.1, -0.05) is 0 Å². The van der Waals surface area contributed by atoms with Crippen LogP contribution in [-0.2, 0) is 19.1 Å². The third-order valence-corrected chi connectivity index (χ3v) is 8.06. The molecule has 31 heavy (non-hydrogen) atoms. The van der Waals surface area contributed by atoms with Gasteiger partial charge in [-0.25, -0.2) is 0 Å². The van der Waals surface area contributed by atoms with E-state index in [2.05, 4.69) is 22.2 Å². The molecular weight excluding hydrogens is 396 g/mol. The molecular formula is C23H38N4O4. The normalized spacial score (nSPS) is 35.3. The van der Waals surface area contributed by atoms with Crippen LogP contribution in [0.15, 0.2) is 0 Å². The van der Waals surface area contributed by atoms with Crippen LogP contribution >= 0.6 is 0 Å².